The van der Waals surface area contributed by atoms with E-state index in [0.29, 0.717) is 5.56 Å². The van der Waals surface area contributed by atoms with Gasteiger partial charge in [0.05, 0.1) is 11.9 Å². The first-order valence-corrected chi connectivity index (χ1v) is 8.22. The molecule has 2 rings (SSSR count). The summed E-state index contributed by atoms with van der Waals surface area (Å²) in [5.74, 6) is -2.72. The molecule has 3 atom stereocenters. The van der Waals surface area contributed by atoms with E-state index in [1.165, 1.54) is 32.2 Å². The number of aliphatic carboxylic acids is 1. The van der Waals surface area contributed by atoms with Crippen molar-refractivity contribution in [3.8, 4) is 0 Å². The second-order valence-electron chi connectivity index (χ2n) is 5.18. The molecule has 7 heteroatoms. The first-order valence-electron chi connectivity index (χ1n) is 6.50. The Morgan fingerprint density at radius 1 is 1.48 bits per heavy atom. The number of hydrogen-bond donors (Lipinski definition) is 1. The monoisotopic (exact) mass is 316 g/mol. The first kappa shape index (κ1) is 15.9. The number of carboxylic acids is 1. The Kier molecular flexibility index (Phi) is 4.08. The van der Waals surface area contributed by atoms with Crippen LogP contribution in [0.4, 0.5) is 4.39 Å². The summed E-state index contributed by atoms with van der Waals surface area (Å²) in [5, 5.41) is 8.44. The fourth-order valence-corrected chi connectivity index (χ4v) is 5.06. The predicted molar refractivity (Wildman–Crippen MR) is 74.3 cm³/mol. The molecule has 1 N–H and O–H groups in total. The number of benzene rings is 1. The summed E-state index contributed by atoms with van der Waals surface area (Å²) in [5.41, 5.74) is -1.17. The average molecular weight is 316 g/mol. The van der Waals surface area contributed by atoms with Gasteiger partial charge in [-0.15, -0.1) is 0 Å². The van der Waals surface area contributed by atoms with Crippen LogP contribution in [-0.2, 0) is 19.4 Å². The van der Waals surface area contributed by atoms with E-state index in [1.807, 2.05) is 0 Å². The molecule has 5 nitrogen and oxygen atoms in total. The second-order valence-corrected chi connectivity index (χ2v) is 7.59. The SMILES string of the molecule is CCS(=O)(=O)[C@@H]1[C@@H](c2cccc(F)c2)[C@]1(COC)C(=O)O. The van der Waals surface area contributed by atoms with Crippen LogP contribution in [0.3, 0.4) is 0 Å². The van der Waals surface area contributed by atoms with Crippen molar-refractivity contribution < 1.29 is 27.4 Å². The van der Waals surface area contributed by atoms with Gasteiger partial charge in [0.2, 0.25) is 0 Å². The van der Waals surface area contributed by atoms with Crippen LogP contribution in [-0.4, -0.2) is 44.2 Å². The van der Waals surface area contributed by atoms with E-state index < -0.39 is 38.2 Å². The molecule has 0 bridgehead atoms. The van der Waals surface area contributed by atoms with Gasteiger partial charge in [0, 0.05) is 18.8 Å². The van der Waals surface area contributed by atoms with Gasteiger partial charge in [0.1, 0.15) is 11.2 Å². The Morgan fingerprint density at radius 3 is 2.62 bits per heavy atom. The minimum atomic E-state index is -3.59. The lowest BCUT2D eigenvalue weighted by atomic mass is 10.00. The number of ether oxygens (including phenoxy) is 1. The third kappa shape index (κ3) is 2.44. The van der Waals surface area contributed by atoms with Crippen LogP contribution in [0.5, 0.6) is 0 Å². The molecule has 1 aliphatic carbocycles. The fraction of sp³-hybridized carbons (Fsp3) is 0.500. The zero-order valence-electron chi connectivity index (χ0n) is 11.7. The first-order chi connectivity index (χ1) is 9.81. The zero-order chi connectivity index (χ0) is 15.8. The fourth-order valence-electron chi connectivity index (χ4n) is 3.01. The van der Waals surface area contributed by atoms with Crippen molar-refractivity contribution in [3.63, 3.8) is 0 Å². The summed E-state index contributed by atoms with van der Waals surface area (Å²) >= 11 is 0. The maximum Gasteiger partial charge on any atom is 0.314 e. The third-order valence-corrected chi connectivity index (χ3v) is 6.31. The molecule has 1 aliphatic rings. The maximum atomic E-state index is 13.4. The van der Waals surface area contributed by atoms with Gasteiger partial charge in [-0.25, -0.2) is 12.8 Å². The van der Waals surface area contributed by atoms with Crippen LogP contribution in [0.1, 0.15) is 18.4 Å². The highest BCUT2D eigenvalue weighted by molar-refractivity contribution is 7.92. The van der Waals surface area contributed by atoms with Gasteiger partial charge in [-0.1, -0.05) is 19.1 Å². The minimum Gasteiger partial charge on any atom is -0.481 e. The molecule has 0 aliphatic heterocycles. The molecule has 1 aromatic carbocycles. The average Bonchev–Trinajstić information content (AvgIpc) is 3.10. The molecular formula is C14H17FO5S. The van der Waals surface area contributed by atoms with E-state index in [4.69, 9.17) is 4.74 Å². The molecule has 0 spiro atoms. The predicted octanol–water partition coefficient (Wildman–Crippen LogP) is 1.44. The molecule has 21 heavy (non-hydrogen) atoms. The Morgan fingerprint density at radius 2 is 2.14 bits per heavy atom. The van der Waals surface area contributed by atoms with Gasteiger partial charge >= 0.3 is 5.97 Å². The summed E-state index contributed by atoms with van der Waals surface area (Å²) in [7, 11) is -2.27. The number of methoxy groups -OCH3 is 1. The zero-order valence-corrected chi connectivity index (χ0v) is 12.6. The van der Waals surface area contributed by atoms with Crippen molar-refractivity contribution in [2.45, 2.75) is 18.1 Å². The Hall–Kier alpha value is -1.47. The van der Waals surface area contributed by atoms with E-state index in [0.717, 1.165) is 0 Å². The molecule has 0 heterocycles. The van der Waals surface area contributed by atoms with Gasteiger partial charge in [0.25, 0.3) is 0 Å². The van der Waals surface area contributed by atoms with Crippen LogP contribution in [0.15, 0.2) is 24.3 Å². The molecule has 1 aromatic rings. The van der Waals surface area contributed by atoms with Crippen molar-refractivity contribution in [3.05, 3.63) is 35.6 Å². The van der Waals surface area contributed by atoms with Gasteiger partial charge < -0.3 is 9.84 Å². The highest BCUT2D eigenvalue weighted by atomic mass is 32.2. The van der Waals surface area contributed by atoms with Crippen LogP contribution in [0.25, 0.3) is 0 Å². The smallest absolute Gasteiger partial charge is 0.314 e. The molecule has 0 radical (unpaired) electrons. The van der Waals surface area contributed by atoms with Crippen molar-refractivity contribution in [2.75, 3.05) is 19.5 Å². The van der Waals surface area contributed by atoms with E-state index in [9.17, 15) is 22.7 Å². The highest BCUT2D eigenvalue weighted by Gasteiger charge is 2.75. The summed E-state index contributed by atoms with van der Waals surface area (Å²) in [4.78, 5) is 11.7. The second kappa shape index (κ2) is 5.38. The summed E-state index contributed by atoms with van der Waals surface area (Å²) in [6.07, 6.45) is 0. The summed E-state index contributed by atoms with van der Waals surface area (Å²) < 4.78 is 42.7. The van der Waals surface area contributed by atoms with Crippen LogP contribution < -0.4 is 0 Å². The molecule has 0 saturated heterocycles. The molecule has 1 fully saturated rings. The molecule has 0 amide bonds. The summed E-state index contributed by atoms with van der Waals surface area (Å²) in [6.45, 7) is 1.24. The molecular weight excluding hydrogens is 299 g/mol. The standard InChI is InChI=1S/C14H17FO5S/c1-3-21(18,19)12-11(9-5-4-6-10(15)7-9)14(12,8-20-2)13(16)17/h4-7,11-12H,3,8H2,1-2H3,(H,16,17)/t11-,12-,14+/m1/s1. The van der Waals surface area contributed by atoms with Gasteiger partial charge in [-0.3, -0.25) is 4.79 Å². The van der Waals surface area contributed by atoms with Crippen molar-refractivity contribution in [2.24, 2.45) is 5.41 Å². The van der Waals surface area contributed by atoms with Crippen molar-refractivity contribution >= 4 is 15.8 Å². The third-order valence-electron chi connectivity index (χ3n) is 4.03. The minimum absolute atomic E-state index is 0.164. The number of carboxylic acid groups (broad SMARTS) is 1. The Labute approximate surface area is 122 Å². The number of sulfone groups is 1. The van der Waals surface area contributed by atoms with Crippen molar-refractivity contribution in [1.82, 2.24) is 0 Å². The van der Waals surface area contributed by atoms with E-state index in [2.05, 4.69) is 0 Å². The van der Waals surface area contributed by atoms with E-state index in [1.54, 1.807) is 6.07 Å². The van der Waals surface area contributed by atoms with Gasteiger partial charge in [-0.05, 0) is 17.7 Å². The Balaban J connectivity index is 2.54. The van der Waals surface area contributed by atoms with Gasteiger partial charge in [0.15, 0.2) is 9.84 Å². The van der Waals surface area contributed by atoms with Crippen LogP contribution in [0.2, 0.25) is 0 Å². The number of carbonyl (C=O) groups is 1. The molecule has 116 valence electrons. The van der Waals surface area contributed by atoms with Gasteiger partial charge in [-0.2, -0.15) is 0 Å². The topological polar surface area (TPSA) is 80.7 Å². The lowest BCUT2D eigenvalue weighted by molar-refractivity contribution is -0.145. The van der Waals surface area contributed by atoms with Crippen molar-refractivity contribution in [1.29, 1.82) is 0 Å². The lowest BCUT2D eigenvalue weighted by Crippen LogP contribution is -2.29. The lowest BCUT2D eigenvalue weighted by Gasteiger charge is -2.11. The molecule has 1 saturated carbocycles. The number of rotatable bonds is 6. The van der Waals surface area contributed by atoms with Crippen LogP contribution in [0, 0.1) is 11.2 Å². The van der Waals surface area contributed by atoms with Crippen LogP contribution >= 0.6 is 0 Å². The largest absolute Gasteiger partial charge is 0.481 e. The number of hydrogen-bond acceptors (Lipinski definition) is 4. The highest BCUT2D eigenvalue weighted by Crippen LogP contribution is 2.63. The molecule has 0 aromatic heterocycles. The quantitative estimate of drug-likeness (QED) is 0.859. The summed E-state index contributed by atoms with van der Waals surface area (Å²) in [6, 6.07) is 5.40. The Bertz CT molecular complexity index is 657. The normalized spacial score (nSPS) is 28.3. The number of halogens is 1. The maximum absolute atomic E-state index is 13.4. The molecule has 0 unspecified atom stereocenters. The van der Waals surface area contributed by atoms with E-state index >= 15 is 0 Å². The van der Waals surface area contributed by atoms with E-state index in [-0.39, 0.29) is 12.4 Å².